The molecule has 0 atom stereocenters. The Morgan fingerprint density at radius 3 is 2.62 bits per heavy atom. The highest BCUT2D eigenvalue weighted by atomic mass is 16.5. The molecule has 0 aliphatic carbocycles. The number of aromatic nitrogens is 4. The summed E-state index contributed by atoms with van der Waals surface area (Å²) < 4.78 is 5.11. The molecule has 24 heavy (non-hydrogen) atoms. The maximum Gasteiger partial charge on any atom is 0.274 e. The third-order valence-electron chi connectivity index (χ3n) is 3.48. The quantitative estimate of drug-likeness (QED) is 0.718. The van der Waals surface area contributed by atoms with Crippen LogP contribution in [0.15, 0.2) is 53.6 Å². The highest BCUT2D eigenvalue weighted by molar-refractivity contribution is 5.30. The SMILES string of the molecule is COc1ccc(Cc2nnc(NCc3cccnc3)[nH]c2=O)cc1. The van der Waals surface area contributed by atoms with Gasteiger partial charge in [0.25, 0.3) is 5.56 Å². The molecule has 3 aromatic rings. The van der Waals surface area contributed by atoms with Gasteiger partial charge >= 0.3 is 0 Å². The molecular weight excluding hydrogens is 306 g/mol. The van der Waals surface area contributed by atoms with E-state index in [9.17, 15) is 4.79 Å². The molecule has 0 fully saturated rings. The average molecular weight is 323 g/mol. The van der Waals surface area contributed by atoms with Gasteiger partial charge in [0.1, 0.15) is 11.4 Å². The number of hydrogen-bond donors (Lipinski definition) is 2. The van der Waals surface area contributed by atoms with Gasteiger partial charge in [0.15, 0.2) is 0 Å². The molecule has 3 rings (SSSR count). The first kappa shape index (κ1) is 15.7. The maximum absolute atomic E-state index is 12.1. The minimum absolute atomic E-state index is 0.255. The van der Waals surface area contributed by atoms with E-state index in [1.165, 1.54) is 0 Å². The van der Waals surface area contributed by atoms with Crippen LogP contribution in [0.2, 0.25) is 0 Å². The van der Waals surface area contributed by atoms with Crippen molar-refractivity contribution < 1.29 is 4.74 Å². The summed E-state index contributed by atoms with van der Waals surface area (Å²) in [4.78, 5) is 18.9. The highest BCUT2D eigenvalue weighted by Gasteiger charge is 2.06. The van der Waals surface area contributed by atoms with Gasteiger partial charge in [0, 0.05) is 25.4 Å². The molecule has 0 aliphatic rings. The summed E-state index contributed by atoms with van der Waals surface area (Å²) in [5.74, 6) is 1.11. The fraction of sp³-hybridized carbons (Fsp3) is 0.176. The number of pyridine rings is 1. The minimum atomic E-state index is -0.255. The zero-order chi connectivity index (χ0) is 16.8. The van der Waals surface area contributed by atoms with Gasteiger partial charge in [0.2, 0.25) is 5.95 Å². The second kappa shape index (κ2) is 7.36. The smallest absolute Gasteiger partial charge is 0.274 e. The predicted octanol–water partition coefficient (Wildman–Crippen LogP) is 1.77. The number of nitrogens with zero attached hydrogens (tertiary/aromatic N) is 3. The molecule has 2 heterocycles. The van der Waals surface area contributed by atoms with Crippen molar-refractivity contribution >= 4 is 5.95 Å². The van der Waals surface area contributed by atoms with E-state index in [4.69, 9.17) is 4.74 Å². The topological polar surface area (TPSA) is 92.8 Å². The minimum Gasteiger partial charge on any atom is -0.497 e. The molecule has 0 unspecified atom stereocenters. The Morgan fingerprint density at radius 1 is 1.12 bits per heavy atom. The van der Waals surface area contributed by atoms with E-state index >= 15 is 0 Å². The molecule has 2 N–H and O–H groups in total. The Bertz CT molecular complexity index is 847. The largest absolute Gasteiger partial charge is 0.497 e. The van der Waals surface area contributed by atoms with Gasteiger partial charge in [-0.15, -0.1) is 10.2 Å². The standard InChI is InChI=1S/C17H17N5O2/c1-24-14-6-4-12(5-7-14)9-15-16(23)20-17(22-21-15)19-11-13-3-2-8-18-10-13/h2-8,10H,9,11H2,1H3,(H2,19,20,22,23). The van der Waals surface area contributed by atoms with Crippen LogP contribution in [0.1, 0.15) is 16.8 Å². The van der Waals surface area contributed by atoms with E-state index in [0.717, 1.165) is 16.9 Å². The maximum atomic E-state index is 12.1. The van der Waals surface area contributed by atoms with Crippen molar-refractivity contribution in [3.05, 3.63) is 76.0 Å². The number of nitrogens with one attached hydrogen (secondary N) is 2. The van der Waals surface area contributed by atoms with Gasteiger partial charge in [-0.1, -0.05) is 18.2 Å². The monoisotopic (exact) mass is 323 g/mol. The van der Waals surface area contributed by atoms with Crippen molar-refractivity contribution in [2.75, 3.05) is 12.4 Å². The molecule has 0 spiro atoms. The number of aromatic amines is 1. The van der Waals surface area contributed by atoms with E-state index < -0.39 is 0 Å². The van der Waals surface area contributed by atoms with Crippen molar-refractivity contribution in [2.45, 2.75) is 13.0 Å². The van der Waals surface area contributed by atoms with Crippen LogP contribution in [0, 0.1) is 0 Å². The first-order chi connectivity index (χ1) is 11.7. The lowest BCUT2D eigenvalue weighted by Gasteiger charge is -2.06. The first-order valence-corrected chi connectivity index (χ1v) is 7.46. The molecule has 7 heteroatoms. The molecule has 7 nitrogen and oxygen atoms in total. The summed E-state index contributed by atoms with van der Waals surface area (Å²) in [5, 5.41) is 11.1. The van der Waals surface area contributed by atoms with Crippen LogP contribution < -0.4 is 15.6 Å². The number of hydrogen-bond acceptors (Lipinski definition) is 6. The molecule has 0 aliphatic heterocycles. The molecule has 0 saturated carbocycles. The second-order valence-electron chi connectivity index (χ2n) is 5.19. The van der Waals surface area contributed by atoms with Crippen LogP contribution in [-0.2, 0) is 13.0 Å². The van der Waals surface area contributed by atoms with E-state index in [2.05, 4.69) is 25.5 Å². The van der Waals surface area contributed by atoms with Crippen LogP contribution in [-0.4, -0.2) is 27.3 Å². The van der Waals surface area contributed by atoms with Crippen LogP contribution >= 0.6 is 0 Å². The Hall–Kier alpha value is -3.22. The summed E-state index contributed by atoms with van der Waals surface area (Å²) >= 11 is 0. The van der Waals surface area contributed by atoms with E-state index in [1.807, 2.05) is 36.4 Å². The summed E-state index contributed by atoms with van der Waals surface area (Å²) in [5.41, 5.74) is 2.07. The third-order valence-corrected chi connectivity index (χ3v) is 3.48. The number of benzene rings is 1. The molecule has 0 saturated heterocycles. The molecule has 0 bridgehead atoms. The summed E-state index contributed by atoms with van der Waals surface area (Å²) in [6, 6.07) is 11.3. The fourth-order valence-corrected chi connectivity index (χ4v) is 2.18. The molecule has 2 aromatic heterocycles. The number of methoxy groups -OCH3 is 1. The zero-order valence-electron chi connectivity index (χ0n) is 13.2. The normalized spacial score (nSPS) is 10.4. The third kappa shape index (κ3) is 3.95. The number of ether oxygens (including phenoxy) is 1. The van der Waals surface area contributed by atoms with Gasteiger partial charge in [0.05, 0.1) is 7.11 Å². The Balaban J connectivity index is 1.66. The van der Waals surface area contributed by atoms with Crippen LogP contribution in [0.5, 0.6) is 5.75 Å². The first-order valence-electron chi connectivity index (χ1n) is 7.46. The molecule has 122 valence electrons. The Labute approximate surface area is 138 Å². The Morgan fingerprint density at radius 2 is 1.96 bits per heavy atom. The van der Waals surface area contributed by atoms with Crippen LogP contribution in [0.4, 0.5) is 5.95 Å². The van der Waals surface area contributed by atoms with Gasteiger partial charge in [-0.3, -0.25) is 14.8 Å². The van der Waals surface area contributed by atoms with Crippen molar-refractivity contribution in [3.63, 3.8) is 0 Å². The average Bonchev–Trinajstić information content (AvgIpc) is 2.63. The van der Waals surface area contributed by atoms with Crippen molar-refractivity contribution in [2.24, 2.45) is 0 Å². The Kier molecular flexibility index (Phi) is 4.81. The van der Waals surface area contributed by atoms with Crippen LogP contribution in [0.3, 0.4) is 0 Å². The van der Waals surface area contributed by atoms with Crippen molar-refractivity contribution in [1.82, 2.24) is 20.2 Å². The van der Waals surface area contributed by atoms with E-state index in [1.54, 1.807) is 19.5 Å². The van der Waals surface area contributed by atoms with Crippen molar-refractivity contribution in [3.8, 4) is 5.75 Å². The lowest BCUT2D eigenvalue weighted by atomic mass is 10.1. The highest BCUT2D eigenvalue weighted by Crippen LogP contribution is 2.12. The summed E-state index contributed by atoms with van der Waals surface area (Å²) in [7, 11) is 1.61. The lowest BCUT2D eigenvalue weighted by molar-refractivity contribution is 0.414. The van der Waals surface area contributed by atoms with Crippen LogP contribution in [0.25, 0.3) is 0 Å². The molecule has 1 aromatic carbocycles. The van der Waals surface area contributed by atoms with Gasteiger partial charge in [-0.2, -0.15) is 0 Å². The van der Waals surface area contributed by atoms with E-state index in [0.29, 0.717) is 24.6 Å². The lowest BCUT2D eigenvalue weighted by Crippen LogP contribution is -2.19. The molecule has 0 amide bonds. The fourth-order valence-electron chi connectivity index (χ4n) is 2.18. The second-order valence-corrected chi connectivity index (χ2v) is 5.19. The summed E-state index contributed by atoms with van der Waals surface area (Å²) in [6.45, 7) is 0.510. The van der Waals surface area contributed by atoms with E-state index in [-0.39, 0.29) is 5.56 Å². The predicted molar refractivity (Wildman–Crippen MR) is 90.0 cm³/mol. The zero-order valence-corrected chi connectivity index (χ0v) is 13.2. The van der Waals surface area contributed by atoms with Gasteiger partial charge in [-0.05, 0) is 29.3 Å². The van der Waals surface area contributed by atoms with Gasteiger partial charge < -0.3 is 10.1 Å². The number of anilines is 1. The van der Waals surface area contributed by atoms with Crippen molar-refractivity contribution in [1.29, 1.82) is 0 Å². The van der Waals surface area contributed by atoms with Gasteiger partial charge in [-0.25, -0.2) is 0 Å². The number of H-pyrrole nitrogens is 1. The molecular formula is C17H17N5O2. The molecule has 0 radical (unpaired) electrons. The summed E-state index contributed by atoms with van der Waals surface area (Å²) in [6.07, 6.45) is 3.87. The number of rotatable bonds is 6.